The molecule has 0 unspecified atom stereocenters. The number of hydrogen-bond acceptors (Lipinski definition) is 9. The van der Waals surface area contributed by atoms with Crippen LogP contribution in [-0.2, 0) is 9.53 Å². The first kappa shape index (κ1) is 20.1. The number of amides is 2. The van der Waals surface area contributed by atoms with Gasteiger partial charge >= 0.3 is 0 Å². The van der Waals surface area contributed by atoms with Gasteiger partial charge in [-0.05, 0) is 25.0 Å². The highest BCUT2D eigenvalue weighted by Crippen LogP contribution is 2.30. The molecular formula is C20H23N9O3. The third kappa shape index (κ3) is 3.91. The molecule has 3 aromatic heterocycles. The summed E-state index contributed by atoms with van der Waals surface area (Å²) in [5, 5.41) is 20.7. The van der Waals surface area contributed by atoms with E-state index >= 15 is 0 Å². The van der Waals surface area contributed by atoms with Gasteiger partial charge in [0.15, 0.2) is 17.2 Å². The predicted octanol–water partition coefficient (Wildman–Crippen LogP) is 0.806. The summed E-state index contributed by atoms with van der Waals surface area (Å²) in [5.41, 5.74) is 2.07. The number of nitrogens with one attached hydrogen (secondary N) is 3. The van der Waals surface area contributed by atoms with E-state index in [-0.39, 0.29) is 35.4 Å². The van der Waals surface area contributed by atoms with Crippen molar-refractivity contribution in [1.82, 2.24) is 30.1 Å². The fourth-order valence-corrected chi connectivity index (χ4v) is 3.44. The second-order valence-electron chi connectivity index (χ2n) is 7.85. The van der Waals surface area contributed by atoms with Crippen LogP contribution in [0.1, 0.15) is 23.3 Å². The first-order valence-electron chi connectivity index (χ1n) is 10.4. The smallest absolute Gasteiger partial charge is 0.273 e. The summed E-state index contributed by atoms with van der Waals surface area (Å²) in [6, 6.07) is 5.41. The molecule has 12 heteroatoms. The van der Waals surface area contributed by atoms with Gasteiger partial charge in [0.2, 0.25) is 11.9 Å². The minimum absolute atomic E-state index is 0.0201. The van der Waals surface area contributed by atoms with Crippen LogP contribution in [0.4, 0.5) is 23.1 Å². The molecule has 0 spiro atoms. The summed E-state index contributed by atoms with van der Waals surface area (Å²) in [6.07, 6.45) is 3.88. The number of aromatic nitrogens is 5. The van der Waals surface area contributed by atoms with Crippen LogP contribution in [0, 0.1) is 5.92 Å². The van der Waals surface area contributed by atoms with E-state index in [1.54, 1.807) is 17.7 Å². The molecular weight excluding hydrogens is 414 g/mol. The van der Waals surface area contributed by atoms with E-state index in [9.17, 15) is 9.59 Å². The maximum atomic E-state index is 12.3. The first-order chi connectivity index (χ1) is 15.5. The molecule has 0 aromatic carbocycles. The van der Waals surface area contributed by atoms with E-state index in [1.165, 1.54) is 7.05 Å². The number of carbonyl (C=O) groups excluding carboxylic acids is 2. The molecule has 3 N–H and O–H groups in total. The quantitative estimate of drug-likeness (QED) is 0.490. The molecule has 2 amide bonds. The Kier molecular flexibility index (Phi) is 5.05. The number of ether oxygens (including phenoxy) is 1. The lowest BCUT2D eigenvalue weighted by molar-refractivity contribution is -0.117. The van der Waals surface area contributed by atoms with Crippen molar-refractivity contribution in [3.8, 4) is 0 Å². The monoisotopic (exact) mass is 437 g/mol. The van der Waals surface area contributed by atoms with Crippen molar-refractivity contribution in [3.63, 3.8) is 0 Å². The van der Waals surface area contributed by atoms with Crippen molar-refractivity contribution in [1.29, 1.82) is 0 Å². The Labute approximate surface area is 183 Å². The molecule has 0 bridgehead atoms. The summed E-state index contributed by atoms with van der Waals surface area (Å²) in [4.78, 5) is 31.0. The summed E-state index contributed by atoms with van der Waals surface area (Å²) < 4.78 is 7.00. The minimum atomic E-state index is -0.420. The number of rotatable bonds is 7. The van der Waals surface area contributed by atoms with Gasteiger partial charge in [-0.3, -0.25) is 9.59 Å². The van der Waals surface area contributed by atoms with Crippen molar-refractivity contribution < 1.29 is 14.3 Å². The second kappa shape index (κ2) is 8.04. The van der Waals surface area contributed by atoms with E-state index < -0.39 is 5.91 Å². The number of nitrogens with zero attached hydrogens (tertiary/aromatic N) is 6. The average Bonchev–Trinajstić information content (AvgIpc) is 3.53. The summed E-state index contributed by atoms with van der Waals surface area (Å²) >= 11 is 0. The van der Waals surface area contributed by atoms with E-state index in [0.29, 0.717) is 11.3 Å². The fourth-order valence-electron chi connectivity index (χ4n) is 3.44. The fraction of sp³-hybridized carbons (Fsp3) is 0.400. The van der Waals surface area contributed by atoms with Crippen LogP contribution >= 0.6 is 0 Å². The lowest BCUT2D eigenvalue weighted by Crippen LogP contribution is -2.51. The van der Waals surface area contributed by atoms with E-state index in [1.807, 2.05) is 18.3 Å². The maximum absolute atomic E-state index is 12.3. The van der Waals surface area contributed by atoms with Gasteiger partial charge in [-0.25, -0.2) is 4.52 Å². The van der Waals surface area contributed by atoms with Gasteiger partial charge in [0, 0.05) is 39.2 Å². The number of fused-ring (bicyclic) bond motifs is 1. The molecule has 12 nitrogen and oxygen atoms in total. The van der Waals surface area contributed by atoms with Gasteiger partial charge in [-0.1, -0.05) is 0 Å². The Morgan fingerprint density at radius 3 is 2.72 bits per heavy atom. The van der Waals surface area contributed by atoms with E-state index in [0.717, 1.165) is 31.6 Å². The van der Waals surface area contributed by atoms with Crippen molar-refractivity contribution in [2.24, 2.45) is 5.92 Å². The van der Waals surface area contributed by atoms with Gasteiger partial charge in [-0.2, -0.15) is 4.98 Å². The molecule has 2 aliphatic rings. The highest BCUT2D eigenvalue weighted by atomic mass is 16.5. The third-order valence-electron chi connectivity index (χ3n) is 5.54. The Morgan fingerprint density at radius 1 is 1.19 bits per heavy atom. The van der Waals surface area contributed by atoms with Crippen molar-refractivity contribution in [2.75, 3.05) is 42.8 Å². The topological polar surface area (TPSA) is 139 Å². The zero-order valence-corrected chi connectivity index (χ0v) is 17.7. The lowest BCUT2D eigenvalue weighted by atomic mass is 10.1. The third-order valence-corrected chi connectivity index (χ3v) is 5.54. The highest BCUT2D eigenvalue weighted by Gasteiger charge is 2.30. The molecule has 1 saturated heterocycles. The average molecular weight is 437 g/mol. The summed E-state index contributed by atoms with van der Waals surface area (Å²) in [5.74, 6) is 0.0491. The maximum Gasteiger partial charge on any atom is 0.273 e. The normalized spacial score (nSPS) is 16.0. The van der Waals surface area contributed by atoms with Crippen LogP contribution in [-0.4, -0.2) is 70.0 Å². The van der Waals surface area contributed by atoms with Crippen LogP contribution in [0.3, 0.4) is 0 Å². The molecule has 1 aliphatic carbocycles. The van der Waals surface area contributed by atoms with Crippen LogP contribution in [0.15, 0.2) is 24.4 Å². The molecule has 3 aromatic rings. The van der Waals surface area contributed by atoms with Gasteiger partial charge in [0.25, 0.3) is 5.91 Å². The molecule has 4 heterocycles. The van der Waals surface area contributed by atoms with Crippen molar-refractivity contribution in [3.05, 3.63) is 30.1 Å². The molecule has 2 fully saturated rings. The number of anilines is 4. The Balaban J connectivity index is 1.39. The number of hydrogen-bond donors (Lipinski definition) is 3. The van der Waals surface area contributed by atoms with E-state index in [4.69, 9.17) is 4.74 Å². The van der Waals surface area contributed by atoms with Gasteiger partial charge in [-0.15, -0.1) is 15.3 Å². The molecule has 0 radical (unpaired) electrons. The molecule has 1 aliphatic heterocycles. The van der Waals surface area contributed by atoms with Crippen LogP contribution in [0.2, 0.25) is 0 Å². The first-order valence-corrected chi connectivity index (χ1v) is 10.4. The number of methoxy groups -OCH3 is 1. The van der Waals surface area contributed by atoms with Gasteiger partial charge in [0.05, 0.1) is 23.7 Å². The Morgan fingerprint density at radius 2 is 2.00 bits per heavy atom. The zero-order valence-electron chi connectivity index (χ0n) is 17.7. The highest BCUT2D eigenvalue weighted by molar-refractivity contribution is 5.99. The standard InChI is InChI=1S/C20H23N9O3/c1-21-19(31)17-14(7-15(25-26-17)23-18(30)11-3-4-11)22-20-24-16-6-5-12(8-29(16)27-20)28-9-13(10-28)32-2/h5-8,11,13H,3-4,9-10H2,1-2H3,(H,21,31)(H2,22,23,25,27,30). The molecule has 0 atom stereocenters. The molecule has 32 heavy (non-hydrogen) atoms. The predicted molar refractivity (Wildman–Crippen MR) is 116 cm³/mol. The SMILES string of the molecule is CNC(=O)c1nnc(NC(=O)C2CC2)cc1Nc1nc2ccc(N3CC(OC)C3)cn2n1. The van der Waals surface area contributed by atoms with Gasteiger partial charge < -0.3 is 25.6 Å². The van der Waals surface area contributed by atoms with Crippen LogP contribution < -0.4 is 20.9 Å². The molecule has 1 saturated carbocycles. The Bertz CT molecular complexity index is 1180. The van der Waals surface area contributed by atoms with Crippen molar-refractivity contribution in [2.45, 2.75) is 18.9 Å². The number of pyridine rings is 1. The Hall–Kier alpha value is -3.80. The van der Waals surface area contributed by atoms with Gasteiger partial charge in [0.1, 0.15) is 0 Å². The van der Waals surface area contributed by atoms with Crippen LogP contribution in [0.25, 0.3) is 5.65 Å². The number of carbonyl (C=O) groups is 2. The molecule has 5 rings (SSSR count). The summed E-state index contributed by atoms with van der Waals surface area (Å²) in [7, 11) is 3.22. The van der Waals surface area contributed by atoms with Crippen molar-refractivity contribution >= 4 is 40.6 Å². The second-order valence-corrected chi connectivity index (χ2v) is 7.85. The van der Waals surface area contributed by atoms with Crippen LogP contribution in [0.5, 0.6) is 0 Å². The summed E-state index contributed by atoms with van der Waals surface area (Å²) in [6.45, 7) is 1.66. The minimum Gasteiger partial charge on any atom is -0.378 e. The largest absolute Gasteiger partial charge is 0.378 e. The zero-order chi connectivity index (χ0) is 22.2. The lowest BCUT2D eigenvalue weighted by Gasteiger charge is -2.39. The molecule has 166 valence electrons. The van der Waals surface area contributed by atoms with E-state index in [2.05, 4.69) is 41.1 Å².